The Labute approximate surface area is 149 Å². The molecule has 0 bridgehead atoms. The van der Waals surface area contributed by atoms with Crippen molar-refractivity contribution in [1.29, 1.82) is 0 Å². The van der Waals surface area contributed by atoms with Crippen LogP contribution in [0.1, 0.15) is 24.0 Å². The summed E-state index contributed by atoms with van der Waals surface area (Å²) >= 11 is 1.59. The van der Waals surface area contributed by atoms with Crippen LogP contribution < -0.4 is 9.47 Å². The van der Waals surface area contributed by atoms with Gasteiger partial charge < -0.3 is 14.2 Å². The predicted molar refractivity (Wildman–Crippen MR) is 90.4 cm³/mol. The van der Waals surface area contributed by atoms with E-state index in [0.717, 1.165) is 18.0 Å². The quantitative estimate of drug-likeness (QED) is 0.812. The number of likely N-dealkylation sites (tertiary alicyclic amines) is 1. The Bertz CT molecular complexity index is 728. The molecule has 134 valence electrons. The first-order chi connectivity index (χ1) is 12.2. The van der Waals surface area contributed by atoms with E-state index in [0.29, 0.717) is 49.7 Å². The SMILES string of the molecule is C[C@H]1C[C@@H](OCc2nccs2)CN1Cc1nc2c(cc1F)OCCO2. The van der Waals surface area contributed by atoms with Crippen molar-refractivity contribution in [2.75, 3.05) is 19.8 Å². The van der Waals surface area contributed by atoms with Crippen LogP contribution in [0.15, 0.2) is 17.6 Å². The Morgan fingerprint density at radius 1 is 1.40 bits per heavy atom. The molecule has 2 aliphatic heterocycles. The van der Waals surface area contributed by atoms with E-state index in [4.69, 9.17) is 14.2 Å². The third-order valence-corrected chi connectivity index (χ3v) is 5.26. The number of aromatic nitrogens is 2. The monoisotopic (exact) mass is 365 g/mol. The summed E-state index contributed by atoms with van der Waals surface area (Å²) in [6, 6.07) is 1.67. The van der Waals surface area contributed by atoms with Gasteiger partial charge in [0.05, 0.1) is 18.4 Å². The second-order valence-corrected chi connectivity index (χ2v) is 7.27. The van der Waals surface area contributed by atoms with Crippen molar-refractivity contribution in [3.8, 4) is 11.6 Å². The number of pyridine rings is 1. The average Bonchev–Trinajstić information content (AvgIpc) is 3.24. The lowest BCUT2D eigenvalue weighted by Gasteiger charge is -2.22. The molecule has 0 unspecified atom stereocenters. The van der Waals surface area contributed by atoms with Gasteiger partial charge in [-0.2, -0.15) is 0 Å². The summed E-state index contributed by atoms with van der Waals surface area (Å²) in [6.07, 6.45) is 2.82. The molecule has 8 heteroatoms. The van der Waals surface area contributed by atoms with Crippen LogP contribution in [0.5, 0.6) is 11.6 Å². The van der Waals surface area contributed by atoms with E-state index >= 15 is 0 Å². The van der Waals surface area contributed by atoms with Gasteiger partial charge in [-0.15, -0.1) is 11.3 Å². The molecule has 0 amide bonds. The lowest BCUT2D eigenvalue weighted by molar-refractivity contribution is 0.0458. The molecule has 25 heavy (non-hydrogen) atoms. The number of halogens is 1. The molecule has 0 saturated carbocycles. The summed E-state index contributed by atoms with van der Waals surface area (Å²) in [6.45, 7) is 4.71. The van der Waals surface area contributed by atoms with Crippen LogP contribution in [-0.4, -0.2) is 46.8 Å². The molecule has 0 aromatic carbocycles. The number of rotatable bonds is 5. The Morgan fingerprint density at radius 3 is 3.12 bits per heavy atom. The fraction of sp³-hybridized carbons (Fsp3) is 0.529. The van der Waals surface area contributed by atoms with E-state index in [-0.39, 0.29) is 11.9 Å². The van der Waals surface area contributed by atoms with Gasteiger partial charge in [0, 0.05) is 36.8 Å². The average molecular weight is 365 g/mol. The van der Waals surface area contributed by atoms with E-state index in [2.05, 4.69) is 21.8 Å². The third kappa shape index (κ3) is 3.75. The maximum Gasteiger partial charge on any atom is 0.257 e. The topological polar surface area (TPSA) is 56.7 Å². The molecule has 0 spiro atoms. The molecule has 0 N–H and O–H groups in total. The summed E-state index contributed by atoms with van der Waals surface area (Å²) in [5.74, 6) is 0.404. The number of thiazole rings is 1. The first-order valence-corrected chi connectivity index (χ1v) is 9.26. The molecular formula is C17H20FN3O3S. The number of hydrogen-bond acceptors (Lipinski definition) is 7. The van der Waals surface area contributed by atoms with E-state index in [1.54, 1.807) is 17.5 Å². The highest BCUT2D eigenvalue weighted by Gasteiger charge is 2.31. The number of fused-ring (bicyclic) bond motifs is 1. The zero-order chi connectivity index (χ0) is 17.2. The molecule has 0 radical (unpaired) electrons. The summed E-state index contributed by atoms with van der Waals surface area (Å²) in [5.41, 5.74) is 0.386. The molecule has 1 fully saturated rings. The van der Waals surface area contributed by atoms with Crippen molar-refractivity contribution in [2.45, 2.75) is 38.6 Å². The van der Waals surface area contributed by atoms with Crippen LogP contribution in [0.3, 0.4) is 0 Å². The zero-order valence-electron chi connectivity index (χ0n) is 14.0. The van der Waals surface area contributed by atoms with E-state index in [9.17, 15) is 4.39 Å². The van der Waals surface area contributed by atoms with E-state index in [1.165, 1.54) is 6.07 Å². The van der Waals surface area contributed by atoms with Gasteiger partial charge in [0.2, 0.25) is 0 Å². The van der Waals surface area contributed by atoms with Gasteiger partial charge in [-0.05, 0) is 13.3 Å². The van der Waals surface area contributed by atoms with E-state index in [1.807, 2.05) is 5.38 Å². The van der Waals surface area contributed by atoms with Gasteiger partial charge in [0.15, 0.2) is 5.75 Å². The Morgan fingerprint density at radius 2 is 2.28 bits per heavy atom. The molecular weight excluding hydrogens is 345 g/mol. The maximum atomic E-state index is 14.3. The molecule has 1 saturated heterocycles. The van der Waals surface area contributed by atoms with Gasteiger partial charge in [-0.3, -0.25) is 4.90 Å². The third-order valence-electron chi connectivity index (χ3n) is 4.50. The number of nitrogens with zero attached hydrogens (tertiary/aromatic N) is 3. The summed E-state index contributed by atoms with van der Waals surface area (Å²) < 4.78 is 31.1. The van der Waals surface area contributed by atoms with Crippen molar-refractivity contribution in [3.63, 3.8) is 0 Å². The van der Waals surface area contributed by atoms with Crippen LogP contribution in [0, 0.1) is 5.82 Å². The fourth-order valence-corrected chi connectivity index (χ4v) is 3.73. The van der Waals surface area contributed by atoms with Gasteiger partial charge >= 0.3 is 0 Å². The van der Waals surface area contributed by atoms with Gasteiger partial charge in [0.25, 0.3) is 5.88 Å². The first-order valence-electron chi connectivity index (χ1n) is 8.38. The van der Waals surface area contributed by atoms with Gasteiger partial charge in [-0.25, -0.2) is 14.4 Å². The van der Waals surface area contributed by atoms with Gasteiger partial charge in [0.1, 0.15) is 24.0 Å². The molecule has 6 nitrogen and oxygen atoms in total. The number of hydrogen-bond donors (Lipinski definition) is 0. The minimum atomic E-state index is -0.358. The highest BCUT2D eigenvalue weighted by molar-refractivity contribution is 7.09. The zero-order valence-corrected chi connectivity index (χ0v) is 14.8. The summed E-state index contributed by atoms with van der Waals surface area (Å²) in [5, 5.41) is 2.92. The summed E-state index contributed by atoms with van der Waals surface area (Å²) in [7, 11) is 0. The van der Waals surface area contributed by atoms with E-state index < -0.39 is 0 Å². The summed E-state index contributed by atoms with van der Waals surface area (Å²) in [4.78, 5) is 10.7. The minimum absolute atomic E-state index is 0.124. The molecule has 4 heterocycles. The fourth-order valence-electron chi connectivity index (χ4n) is 3.19. The highest BCUT2D eigenvalue weighted by atomic mass is 32.1. The Balaban J connectivity index is 1.39. The van der Waals surface area contributed by atoms with Crippen LogP contribution >= 0.6 is 11.3 Å². The molecule has 0 aliphatic carbocycles. The van der Waals surface area contributed by atoms with Crippen molar-refractivity contribution >= 4 is 11.3 Å². The van der Waals surface area contributed by atoms with Crippen molar-refractivity contribution in [2.24, 2.45) is 0 Å². The second kappa shape index (κ2) is 7.23. The van der Waals surface area contributed by atoms with Crippen molar-refractivity contribution in [1.82, 2.24) is 14.9 Å². The lowest BCUT2D eigenvalue weighted by Crippen LogP contribution is -2.29. The van der Waals surface area contributed by atoms with Crippen LogP contribution in [0.2, 0.25) is 0 Å². The molecule has 4 rings (SSSR count). The molecule has 2 atom stereocenters. The maximum absolute atomic E-state index is 14.3. The molecule has 2 aromatic heterocycles. The van der Waals surface area contributed by atoms with Gasteiger partial charge in [-0.1, -0.05) is 0 Å². The second-order valence-electron chi connectivity index (χ2n) is 6.29. The highest BCUT2D eigenvalue weighted by Crippen LogP contribution is 2.31. The molecule has 2 aromatic rings. The Kier molecular flexibility index (Phi) is 4.82. The normalized spacial score (nSPS) is 23.1. The number of ether oxygens (including phenoxy) is 3. The van der Waals surface area contributed by atoms with Crippen LogP contribution in [0.25, 0.3) is 0 Å². The van der Waals surface area contributed by atoms with Crippen LogP contribution in [0.4, 0.5) is 4.39 Å². The molecule has 2 aliphatic rings. The largest absolute Gasteiger partial charge is 0.484 e. The van der Waals surface area contributed by atoms with Crippen molar-refractivity contribution < 1.29 is 18.6 Å². The smallest absolute Gasteiger partial charge is 0.257 e. The minimum Gasteiger partial charge on any atom is -0.484 e. The first kappa shape index (κ1) is 16.7. The predicted octanol–water partition coefficient (Wildman–Crippen LogP) is 2.63. The standard InChI is InChI=1S/C17H20FN3O3S/c1-11-6-12(24-10-16-19-2-5-25-16)8-21(11)9-14-13(18)7-15-17(20-14)23-4-3-22-15/h2,5,7,11-12H,3-4,6,8-10H2,1H3/t11-,12+/m0/s1. The van der Waals surface area contributed by atoms with Crippen LogP contribution in [-0.2, 0) is 17.9 Å². The Hall–Kier alpha value is -1.77. The van der Waals surface area contributed by atoms with Crippen molar-refractivity contribution in [3.05, 3.63) is 34.2 Å². The lowest BCUT2D eigenvalue weighted by atomic mass is 10.2.